The fraction of sp³-hybridized carbons (Fsp3) is 0.227. The van der Waals surface area contributed by atoms with Gasteiger partial charge >= 0.3 is 11.9 Å². The lowest BCUT2D eigenvalue weighted by atomic mass is 10.0. The number of rotatable bonds is 9. The van der Waals surface area contributed by atoms with Gasteiger partial charge in [0.1, 0.15) is 48.3 Å². The number of carbonyl (C=O) groups is 4. The second-order valence-electron chi connectivity index (χ2n) is 8.40. The number of anilines is 1. The Labute approximate surface area is 232 Å². The first kappa shape index (κ1) is 26.6. The Morgan fingerprint density at radius 3 is 2.83 bits per heavy atom. The van der Waals surface area contributed by atoms with Crippen molar-refractivity contribution in [3.8, 4) is 6.07 Å². The summed E-state index contributed by atoms with van der Waals surface area (Å²) in [6.07, 6.45) is 5.13. The summed E-state index contributed by atoms with van der Waals surface area (Å²) in [5.41, 5.74) is 6.58. The molecule has 204 valence electrons. The van der Waals surface area contributed by atoms with Crippen LogP contribution in [0.5, 0.6) is 0 Å². The fourth-order valence-electron chi connectivity index (χ4n) is 4.19. The molecule has 16 nitrogen and oxygen atoms in total. The molecule has 3 aromatic heterocycles. The summed E-state index contributed by atoms with van der Waals surface area (Å²) in [5.74, 6) is -4.17. The number of fused-ring (bicyclic) bond motifs is 2. The highest BCUT2D eigenvalue weighted by Crippen LogP contribution is 2.40. The van der Waals surface area contributed by atoms with E-state index >= 15 is 0 Å². The van der Waals surface area contributed by atoms with Crippen LogP contribution < -0.4 is 15.6 Å². The predicted molar refractivity (Wildman–Crippen MR) is 136 cm³/mol. The number of hydrogen-bond donors (Lipinski definition) is 4. The van der Waals surface area contributed by atoms with Crippen LogP contribution in [0.4, 0.5) is 5.13 Å². The van der Waals surface area contributed by atoms with Crippen molar-refractivity contribution in [2.45, 2.75) is 18.0 Å². The molecule has 1 fully saturated rings. The normalized spacial score (nSPS) is 18.6. The number of hydrogen-bond acceptors (Lipinski definition) is 12. The van der Waals surface area contributed by atoms with E-state index in [0.29, 0.717) is 11.1 Å². The van der Waals surface area contributed by atoms with Crippen molar-refractivity contribution < 1.29 is 38.8 Å². The van der Waals surface area contributed by atoms with Gasteiger partial charge in [0.2, 0.25) is 18.1 Å². The Hall–Kier alpha value is -5.02. The molecule has 0 saturated carbocycles. The first-order valence-electron chi connectivity index (χ1n) is 11.3. The van der Waals surface area contributed by atoms with E-state index in [4.69, 9.17) is 16.1 Å². The molecule has 0 unspecified atom stereocenters. The van der Waals surface area contributed by atoms with Crippen molar-refractivity contribution in [3.63, 3.8) is 0 Å². The summed E-state index contributed by atoms with van der Waals surface area (Å²) in [7, 11) is 0. The van der Waals surface area contributed by atoms with E-state index in [1.807, 2.05) is 0 Å². The molecule has 0 radical (unpaired) electrons. The smallest absolute Gasteiger partial charge is 0.352 e. The third-order valence-corrected chi connectivity index (χ3v) is 7.78. The number of β-lactam (4-membered cyclic amide) rings is 1. The van der Waals surface area contributed by atoms with E-state index < -0.39 is 47.5 Å². The molecule has 2 amide bonds. The number of nitrogen functional groups attached to an aromatic ring is 1. The number of nitriles is 1. The molecule has 5 rings (SSSR count). The number of oxime groups is 1. The Bertz CT molecular complexity index is 1670. The number of nitrogens with zero attached hydrogens (tertiary/aromatic N) is 7. The number of aromatic nitrogens is 4. The maximum atomic E-state index is 13.1. The number of amides is 2. The van der Waals surface area contributed by atoms with Crippen LogP contribution in [-0.4, -0.2) is 82.1 Å². The molecule has 0 aromatic carbocycles. The number of aliphatic carboxylic acids is 2. The number of pyridine rings is 1. The zero-order chi connectivity index (χ0) is 28.6. The third kappa shape index (κ3) is 4.90. The van der Waals surface area contributed by atoms with Gasteiger partial charge in [-0.15, -0.1) is 11.8 Å². The first-order valence-corrected chi connectivity index (χ1v) is 13.1. The minimum absolute atomic E-state index is 0.0191. The lowest BCUT2D eigenvalue weighted by Crippen LogP contribution is -2.71. The molecule has 2 atom stereocenters. The molecular weight excluding hydrogens is 566 g/mol. The number of carboxylic acids is 2. The lowest BCUT2D eigenvalue weighted by Gasteiger charge is -2.49. The lowest BCUT2D eigenvalue weighted by molar-refractivity contribution is -0.662. The molecule has 40 heavy (non-hydrogen) atoms. The highest BCUT2D eigenvalue weighted by atomic mass is 32.2. The molecule has 5 heterocycles. The van der Waals surface area contributed by atoms with Crippen molar-refractivity contribution in [3.05, 3.63) is 53.4 Å². The standard InChI is InChI=1S/C22H17N9O7S2/c23-5-10-1-2-12-29(6-10)3-4-30(12)7-11-9-39-20-15(19(35)31(20)16(11)21(36)37)25-18(34)14(27-38-8-13(32)33)17-26-22(24)40-28-17/h1-4,6,15,20H,7-9H2,(H4-,24,25,26,28,32,33,34,36,37)/p+1/b27-14-/t15-,20-/m1/s1. The fourth-order valence-corrected chi connectivity index (χ4v) is 5.96. The number of nitrogens with one attached hydrogen (secondary N) is 1. The average Bonchev–Trinajstić information content (AvgIpc) is 3.54. The van der Waals surface area contributed by atoms with Gasteiger partial charge in [0.05, 0.1) is 5.56 Å². The van der Waals surface area contributed by atoms with E-state index in [9.17, 15) is 24.3 Å². The Morgan fingerprint density at radius 2 is 2.15 bits per heavy atom. The minimum atomic E-state index is -1.33. The molecule has 2 aliphatic heterocycles. The monoisotopic (exact) mass is 584 g/mol. The SMILES string of the molecule is N#Cc1ccc2n(cc[n+]2CC2=C(C(=O)O)N3C(=O)[C@@H](NC(=O)/C(=N\OCC(=O)O)c4nsc(N)n4)[C@H]3SC2)c1. The Balaban J connectivity index is 1.36. The summed E-state index contributed by atoms with van der Waals surface area (Å²) < 4.78 is 7.42. The van der Waals surface area contributed by atoms with Crippen molar-refractivity contribution in [2.75, 3.05) is 18.1 Å². The second kappa shape index (κ2) is 10.6. The van der Waals surface area contributed by atoms with Gasteiger partial charge in [-0.1, -0.05) is 5.16 Å². The van der Waals surface area contributed by atoms with Crippen molar-refractivity contribution in [1.82, 2.24) is 24.0 Å². The van der Waals surface area contributed by atoms with Crippen LogP contribution in [-0.2, 0) is 30.6 Å². The number of imidazole rings is 1. The van der Waals surface area contributed by atoms with Crippen LogP contribution in [0.25, 0.3) is 5.65 Å². The number of carboxylic acid groups (broad SMARTS) is 2. The van der Waals surface area contributed by atoms with Crippen LogP contribution in [0.3, 0.4) is 0 Å². The zero-order valence-corrected chi connectivity index (χ0v) is 21.8. The second-order valence-corrected chi connectivity index (χ2v) is 10.3. The molecule has 2 aliphatic rings. The van der Waals surface area contributed by atoms with E-state index in [0.717, 1.165) is 22.1 Å². The number of thioether (sulfide) groups is 1. The van der Waals surface area contributed by atoms with Crippen LogP contribution in [0.1, 0.15) is 11.4 Å². The maximum Gasteiger partial charge on any atom is 0.352 e. The Kier molecular flexibility index (Phi) is 7.06. The van der Waals surface area contributed by atoms with E-state index in [1.54, 1.807) is 39.7 Å². The minimum Gasteiger partial charge on any atom is -0.479 e. The highest BCUT2D eigenvalue weighted by molar-refractivity contribution is 8.00. The van der Waals surface area contributed by atoms with Gasteiger partial charge in [0.25, 0.3) is 17.5 Å². The van der Waals surface area contributed by atoms with Crippen molar-refractivity contribution >= 4 is 63.5 Å². The van der Waals surface area contributed by atoms with E-state index in [2.05, 4.69) is 30.7 Å². The van der Waals surface area contributed by atoms with Gasteiger partial charge in [-0.05, 0) is 6.07 Å². The van der Waals surface area contributed by atoms with Crippen LogP contribution in [0.2, 0.25) is 0 Å². The maximum absolute atomic E-state index is 13.1. The Morgan fingerprint density at radius 1 is 1.35 bits per heavy atom. The molecule has 0 spiro atoms. The summed E-state index contributed by atoms with van der Waals surface area (Å²) in [5, 5.41) is 33.2. The topological polar surface area (TPSA) is 229 Å². The first-order chi connectivity index (χ1) is 19.2. The third-order valence-electron chi connectivity index (χ3n) is 5.90. The zero-order valence-electron chi connectivity index (χ0n) is 20.1. The van der Waals surface area contributed by atoms with Gasteiger partial charge in [-0.2, -0.15) is 14.6 Å². The molecule has 3 aromatic rings. The summed E-state index contributed by atoms with van der Waals surface area (Å²) in [6, 6.07) is 4.35. The quantitative estimate of drug-likeness (QED) is 0.100. The molecule has 0 bridgehead atoms. The number of nitrogens with two attached hydrogens (primary N) is 1. The summed E-state index contributed by atoms with van der Waals surface area (Å²) in [4.78, 5) is 58.8. The van der Waals surface area contributed by atoms with Crippen LogP contribution in [0.15, 0.2) is 47.1 Å². The van der Waals surface area contributed by atoms with Gasteiger partial charge < -0.3 is 26.1 Å². The summed E-state index contributed by atoms with van der Waals surface area (Å²) in [6.45, 7) is -0.658. The number of carbonyl (C=O) groups excluding carboxylic acids is 2. The average molecular weight is 585 g/mol. The van der Waals surface area contributed by atoms with Gasteiger partial charge in [-0.25, -0.2) is 18.6 Å². The van der Waals surface area contributed by atoms with Crippen LogP contribution in [0, 0.1) is 11.3 Å². The van der Waals surface area contributed by atoms with E-state index in [1.165, 1.54) is 11.8 Å². The van der Waals surface area contributed by atoms with Gasteiger partial charge in [-0.3, -0.25) is 14.5 Å². The molecule has 5 N–H and O–H groups in total. The molecule has 1 saturated heterocycles. The molecular formula is C22H18N9O7S2+. The van der Waals surface area contributed by atoms with Crippen molar-refractivity contribution in [1.29, 1.82) is 5.26 Å². The largest absolute Gasteiger partial charge is 0.479 e. The van der Waals surface area contributed by atoms with Crippen LogP contribution >= 0.6 is 23.3 Å². The summed E-state index contributed by atoms with van der Waals surface area (Å²) >= 11 is 2.04. The van der Waals surface area contributed by atoms with E-state index in [-0.39, 0.29) is 29.0 Å². The van der Waals surface area contributed by atoms with Crippen molar-refractivity contribution in [2.24, 2.45) is 5.16 Å². The predicted octanol–water partition coefficient (Wildman–Crippen LogP) is -1.22. The van der Waals surface area contributed by atoms with Gasteiger partial charge in [0, 0.05) is 28.9 Å². The van der Waals surface area contributed by atoms with Gasteiger partial charge in [0.15, 0.2) is 5.13 Å². The molecule has 0 aliphatic carbocycles. The highest BCUT2D eigenvalue weighted by Gasteiger charge is 2.54. The molecule has 18 heteroatoms.